The summed E-state index contributed by atoms with van der Waals surface area (Å²) in [6, 6.07) is 42.4. The Morgan fingerprint density at radius 2 is 0.745 bits per heavy atom. The number of hydrogen-bond donors (Lipinski definition) is 0. The van der Waals surface area contributed by atoms with Crippen molar-refractivity contribution in [3.05, 3.63) is 121 Å². The predicted molar refractivity (Wildman–Crippen MR) is 211 cm³/mol. The molecule has 0 heterocycles. The zero-order valence-corrected chi connectivity index (χ0v) is 33.1. The van der Waals surface area contributed by atoms with Crippen molar-refractivity contribution in [3.63, 3.8) is 0 Å². The third-order valence-corrected chi connectivity index (χ3v) is 21.3. The molecule has 2 saturated carbocycles. The van der Waals surface area contributed by atoms with Crippen molar-refractivity contribution in [1.29, 1.82) is 0 Å². The lowest BCUT2D eigenvalue weighted by atomic mass is 10.1. The number of carbonyl (C=O) groups is 2. The van der Waals surface area contributed by atoms with Gasteiger partial charge in [0.05, 0.1) is 11.8 Å². The summed E-state index contributed by atoms with van der Waals surface area (Å²) in [5.41, 5.74) is 0. The molecule has 0 N–H and O–H groups in total. The van der Waals surface area contributed by atoms with Crippen LogP contribution in [0.3, 0.4) is 0 Å². The minimum Gasteiger partial charge on any atom is -0.404 e. The van der Waals surface area contributed by atoms with Gasteiger partial charge in [-0.1, -0.05) is 163 Å². The molecule has 0 saturated heterocycles. The maximum absolute atomic E-state index is 13.6. The molecule has 51 heavy (non-hydrogen) atoms. The van der Waals surface area contributed by atoms with Crippen molar-refractivity contribution in [3.8, 4) is 0 Å². The zero-order valence-electron chi connectivity index (χ0n) is 31.1. The third-order valence-electron chi connectivity index (χ3n) is 11.2. The lowest BCUT2D eigenvalue weighted by Gasteiger charge is -2.44. The normalized spacial score (nSPS) is 21.4. The molecular weight excluding hydrogens is 665 g/mol. The first-order valence-corrected chi connectivity index (χ1v) is 22.5. The molecule has 0 amide bonds. The average Bonchev–Trinajstić information content (AvgIpc) is 3.80. The van der Waals surface area contributed by atoms with E-state index in [1.807, 2.05) is 24.3 Å². The highest BCUT2D eigenvalue weighted by Gasteiger charge is 2.54. The number of carbonyl (C=O) groups excluding carboxylic acids is 2. The Kier molecular flexibility index (Phi) is 11.0. The van der Waals surface area contributed by atoms with Gasteiger partial charge in [0.1, 0.15) is 0 Å². The van der Waals surface area contributed by atoms with E-state index in [0.717, 1.165) is 12.8 Å². The van der Waals surface area contributed by atoms with Crippen LogP contribution < -0.4 is 20.7 Å². The van der Waals surface area contributed by atoms with Crippen molar-refractivity contribution < 1.29 is 23.2 Å². The fraction of sp³-hybridized carbons (Fsp3) is 0.409. The number of ether oxygens (including phenoxy) is 1. The monoisotopic (exact) mass is 718 g/mol. The van der Waals surface area contributed by atoms with E-state index >= 15 is 0 Å². The van der Waals surface area contributed by atoms with Gasteiger partial charge in [-0.25, -0.2) is 0 Å². The number of benzene rings is 4. The van der Waals surface area contributed by atoms with E-state index < -0.39 is 28.6 Å². The lowest BCUT2D eigenvalue weighted by Crippen LogP contribution is -2.67. The average molecular weight is 719 g/mol. The number of esters is 2. The third kappa shape index (κ3) is 7.50. The minimum absolute atomic E-state index is 0.0975. The predicted octanol–water partition coefficient (Wildman–Crippen LogP) is 7.55. The van der Waals surface area contributed by atoms with E-state index in [1.54, 1.807) is 0 Å². The van der Waals surface area contributed by atoms with Gasteiger partial charge < -0.3 is 13.6 Å². The molecule has 2 aliphatic rings. The van der Waals surface area contributed by atoms with Crippen LogP contribution in [0.1, 0.15) is 80.1 Å². The highest BCUT2D eigenvalue weighted by atomic mass is 28.4. The largest absolute Gasteiger partial charge is 0.404 e. The van der Waals surface area contributed by atoms with Crippen molar-refractivity contribution in [2.45, 2.75) is 102 Å². The van der Waals surface area contributed by atoms with Gasteiger partial charge in [-0.15, -0.1) is 0 Å². The first kappa shape index (κ1) is 37.1. The lowest BCUT2D eigenvalue weighted by molar-refractivity contribution is -0.165. The molecule has 4 aromatic rings. The fourth-order valence-corrected chi connectivity index (χ4v) is 18.1. The molecule has 6 rings (SSSR count). The second-order valence-electron chi connectivity index (χ2n) is 16.6. The Hall–Kier alpha value is -3.63. The van der Waals surface area contributed by atoms with Crippen LogP contribution >= 0.6 is 0 Å². The van der Waals surface area contributed by atoms with Gasteiger partial charge in [-0.3, -0.25) is 9.59 Å². The van der Waals surface area contributed by atoms with E-state index in [9.17, 15) is 9.59 Å². The summed E-state index contributed by atoms with van der Waals surface area (Å²) >= 11 is 0. The Morgan fingerprint density at radius 1 is 0.471 bits per heavy atom. The number of rotatable bonds is 10. The number of hydrogen-bond acceptors (Lipinski definition) is 5. The van der Waals surface area contributed by atoms with Crippen molar-refractivity contribution >= 4 is 49.3 Å². The van der Waals surface area contributed by atoms with Gasteiger partial charge in [0, 0.05) is 12.2 Å². The molecular formula is C44H54O5Si2. The van der Waals surface area contributed by atoms with Gasteiger partial charge in [-0.05, 0) is 69.3 Å². The Balaban J connectivity index is 1.13. The van der Waals surface area contributed by atoms with Crippen LogP contribution in [0.4, 0.5) is 0 Å². The summed E-state index contributed by atoms with van der Waals surface area (Å²) in [6.07, 6.45) is 3.74. The molecule has 0 bridgehead atoms. The van der Waals surface area contributed by atoms with Gasteiger partial charge in [0.15, 0.2) is 0 Å². The van der Waals surface area contributed by atoms with Gasteiger partial charge in [-0.2, -0.15) is 0 Å². The Bertz CT molecular complexity index is 1540. The summed E-state index contributed by atoms with van der Waals surface area (Å²) in [5, 5.41) is 4.59. The Labute approximate surface area is 307 Å². The maximum atomic E-state index is 13.6. The SMILES string of the molecule is CC(C)(C)[Si](OC1CCC(C(=O)OC(=O)C2CCC(O[Si](c3ccccc3)(c3ccccc3)C(C)(C)C)C2)C1)(c1ccccc1)c1ccccc1. The molecule has 7 heteroatoms. The second-order valence-corrected chi connectivity index (χ2v) is 25.1. The van der Waals surface area contributed by atoms with Crippen LogP contribution in [-0.4, -0.2) is 40.8 Å². The topological polar surface area (TPSA) is 61.8 Å². The summed E-state index contributed by atoms with van der Waals surface area (Å²) in [6.45, 7) is 13.6. The van der Waals surface area contributed by atoms with E-state index in [2.05, 4.69) is 139 Å². The van der Waals surface area contributed by atoms with Crippen LogP contribution in [0.2, 0.25) is 10.1 Å². The quantitative estimate of drug-likeness (QED) is 0.0964. The maximum Gasteiger partial charge on any atom is 0.316 e. The van der Waals surface area contributed by atoms with Crippen LogP contribution in [0, 0.1) is 11.8 Å². The highest BCUT2D eigenvalue weighted by molar-refractivity contribution is 7.00. The summed E-state index contributed by atoms with van der Waals surface area (Å²) in [7, 11) is -5.50. The van der Waals surface area contributed by atoms with E-state index in [1.165, 1.54) is 20.7 Å². The zero-order chi connectivity index (χ0) is 36.3. The van der Waals surface area contributed by atoms with E-state index in [4.69, 9.17) is 13.6 Å². The summed E-state index contributed by atoms with van der Waals surface area (Å²) < 4.78 is 20.3. The van der Waals surface area contributed by atoms with Crippen LogP contribution in [-0.2, 0) is 23.2 Å². The van der Waals surface area contributed by atoms with Crippen LogP contribution in [0.5, 0.6) is 0 Å². The minimum atomic E-state index is -2.75. The summed E-state index contributed by atoms with van der Waals surface area (Å²) in [4.78, 5) is 27.1. The van der Waals surface area contributed by atoms with Gasteiger partial charge >= 0.3 is 11.9 Å². The highest BCUT2D eigenvalue weighted by Crippen LogP contribution is 2.42. The van der Waals surface area contributed by atoms with Gasteiger partial charge in [0.2, 0.25) is 0 Å². The molecule has 268 valence electrons. The second kappa shape index (κ2) is 15.2. The smallest absolute Gasteiger partial charge is 0.316 e. The van der Waals surface area contributed by atoms with Crippen molar-refractivity contribution in [2.75, 3.05) is 0 Å². The molecule has 2 fully saturated rings. The molecule has 0 radical (unpaired) electrons. The molecule has 4 unspecified atom stereocenters. The first-order valence-electron chi connectivity index (χ1n) is 18.7. The molecule has 0 aliphatic heterocycles. The first-order chi connectivity index (χ1) is 24.3. The molecule has 5 nitrogen and oxygen atoms in total. The standard InChI is InChI=1S/C44H54O5Si2/c1-43(2,3)50(37-19-11-7-12-20-37,38-21-13-8-14-22-38)48-35-29-27-33(31-35)41(45)47-42(46)34-28-30-36(32-34)49-51(44(4,5)6,39-23-15-9-16-24-39)40-25-17-10-18-26-40/h7-26,33-36H,27-32H2,1-6H3. The van der Waals surface area contributed by atoms with Crippen molar-refractivity contribution in [2.24, 2.45) is 11.8 Å². The van der Waals surface area contributed by atoms with Crippen LogP contribution in [0.25, 0.3) is 0 Å². The molecule has 2 aliphatic carbocycles. The van der Waals surface area contributed by atoms with E-state index in [0.29, 0.717) is 25.7 Å². The molecule has 4 aromatic carbocycles. The Morgan fingerprint density at radius 3 is 1.00 bits per heavy atom. The van der Waals surface area contributed by atoms with Crippen LogP contribution in [0.15, 0.2) is 121 Å². The molecule has 0 spiro atoms. The van der Waals surface area contributed by atoms with E-state index in [-0.39, 0.29) is 34.1 Å². The molecule has 4 atom stereocenters. The fourth-order valence-electron chi connectivity index (χ4n) is 8.67. The molecule has 0 aromatic heterocycles. The van der Waals surface area contributed by atoms with Gasteiger partial charge in [0.25, 0.3) is 16.6 Å². The summed E-state index contributed by atoms with van der Waals surface area (Å²) in [5.74, 6) is -1.54. The van der Waals surface area contributed by atoms with Crippen molar-refractivity contribution in [1.82, 2.24) is 0 Å².